The fraction of sp³-hybridized carbons (Fsp3) is 0.281. The number of rotatable bonds is 3. The number of aromatic nitrogens is 3. The maximum Gasteiger partial charge on any atom is 0.146 e. The van der Waals surface area contributed by atoms with Crippen LogP contribution in [0.4, 0.5) is 17.1 Å². The van der Waals surface area contributed by atoms with Crippen molar-refractivity contribution in [3.63, 3.8) is 0 Å². The van der Waals surface area contributed by atoms with Gasteiger partial charge in [-0.25, -0.2) is 4.98 Å². The van der Waals surface area contributed by atoms with E-state index in [1.165, 1.54) is 87.4 Å². The van der Waals surface area contributed by atoms with E-state index in [4.69, 9.17) is 4.98 Å². The minimum absolute atomic E-state index is 0.0419. The van der Waals surface area contributed by atoms with Gasteiger partial charge in [0.25, 0.3) is 0 Å². The normalized spacial score (nSPS) is 13.6. The van der Waals surface area contributed by atoms with Crippen molar-refractivity contribution in [2.45, 2.75) is 105 Å². The van der Waals surface area contributed by atoms with E-state index in [1.54, 1.807) is 0 Å². The van der Waals surface area contributed by atoms with Gasteiger partial charge in [0.05, 0.1) is 39.5 Å². The van der Waals surface area contributed by atoms with Crippen LogP contribution in [-0.4, -0.2) is 13.8 Å². The van der Waals surface area contributed by atoms with Crippen LogP contribution in [0.1, 0.15) is 105 Å². The lowest BCUT2D eigenvalue weighted by molar-refractivity contribution is 0.590. The molecule has 0 spiro atoms. The van der Waals surface area contributed by atoms with Gasteiger partial charge in [-0.2, -0.15) is 0 Å². The maximum absolute atomic E-state index is 5.61. The van der Waals surface area contributed by atoms with Gasteiger partial charge in [-0.15, -0.1) is 0 Å². The molecule has 5 heterocycles. The average molecular weight is 797 g/mol. The number of para-hydroxylation sites is 2. The first kappa shape index (κ1) is 37.8. The van der Waals surface area contributed by atoms with Gasteiger partial charge in [0.15, 0.2) is 0 Å². The van der Waals surface area contributed by atoms with Crippen molar-refractivity contribution in [1.82, 2.24) is 13.8 Å². The molecule has 0 unspecified atom stereocenters. The fourth-order valence-electron chi connectivity index (χ4n) is 10.1. The highest BCUT2D eigenvalue weighted by molar-refractivity contribution is 6.35. The minimum Gasteiger partial charge on any atom is -0.308 e. The Bertz CT molecular complexity index is 3500. The third-order valence-corrected chi connectivity index (χ3v) is 13.6. The van der Waals surface area contributed by atoms with E-state index in [9.17, 15) is 0 Å². The van der Waals surface area contributed by atoms with Crippen LogP contribution in [0.15, 0.2) is 121 Å². The van der Waals surface area contributed by atoms with E-state index < -0.39 is 0 Å². The van der Waals surface area contributed by atoms with Crippen molar-refractivity contribution in [3.8, 4) is 0 Å². The Hall–Kier alpha value is -6.13. The highest BCUT2D eigenvalue weighted by Crippen LogP contribution is 2.51. The molecule has 61 heavy (non-hydrogen) atoms. The summed E-state index contributed by atoms with van der Waals surface area (Å²) < 4.78 is 5.04. The first-order chi connectivity index (χ1) is 28.8. The Morgan fingerprint density at radius 1 is 0.393 bits per heavy atom. The molecule has 5 aromatic heterocycles. The first-order valence-electron chi connectivity index (χ1n) is 22.1. The van der Waals surface area contributed by atoms with E-state index in [0.29, 0.717) is 0 Å². The fourth-order valence-corrected chi connectivity index (χ4v) is 10.1. The summed E-state index contributed by atoms with van der Waals surface area (Å²) in [4.78, 5) is 8.06. The Morgan fingerprint density at radius 2 is 0.836 bits per heavy atom. The van der Waals surface area contributed by atoms with E-state index in [-0.39, 0.29) is 21.7 Å². The molecule has 4 nitrogen and oxygen atoms in total. The second kappa shape index (κ2) is 12.3. The zero-order valence-corrected chi connectivity index (χ0v) is 37.8. The number of benzene rings is 6. The summed E-state index contributed by atoms with van der Waals surface area (Å²) in [5, 5.41) is 10.3. The van der Waals surface area contributed by atoms with Crippen LogP contribution in [0, 0.1) is 0 Å². The molecule has 0 saturated carbocycles. The van der Waals surface area contributed by atoms with Crippen molar-refractivity contribution in [2.75, 3.05) is 4.90 Å². The van der Waals surface area contributed by atoms with Crippen molar-refractivity contribution >= 4 is 93.4 Å². The van der Waals surface area contributed by atoms with Gasteiger partial charge < -0.3 is 9.30 Å². The van der Waals surface area contributed by atoms with Gasteiger partial charge >= 0.3 is 0 Å². The molecule has 11 aromatic rings. The molecule has 0 amide bonds. The minimum atomic E-state index is -0.0880. The second-order valence-electron chi connectivity index (χ2n) is 21.9. The summed E-state index contributed by atoms with van der Waals surface area (Å²) in [6, 6.07) is 43.7. The first-order valence-corrected chi connectivity index (χ1v) is 22.1. The third kappa shape index (κ3) is 5.40. The number of hydrogen-bond acceptors (Lipinski definition) is 2. The van der Waals surface area contributed by atoms with Crippen LogP contribution >= 0.6 is 0 Å². The number of nitrogens with zero attached hydrogens (tertiary/aromatic N) is 4. The van der Waals surface area contributed by atoms with Gasteiger partial charge in [0.1, 0.15) is 5.65 Å². The van der Waals surface area contributed by atoms with Crippen LogP contribution in [0.5, 0.6) is 0 Å². The zero-order chi connectivity index (χ0) is 42.7. The molecule has 0 aliphatic heterocycles. The van der Waals surface area contributed by atoms with Gasteiger partial charge in [0.2, 0.25) is 0 Å². The van der Waals surface area contributed by atoms with Gasteiger partial charge in [-0.05, 0) is 117 Å². The molecule has 0 aliphatic rings. The Balaban J connectivity index is 1.38. The lowest BCUT2D eigenvalue weighted by Gasteiger charge is -2.29. The summed E-state index contributed by atoms with van der Waals surface area (Å²) in [6.07, 6.45) is 2.17. The van der Waals surface area contributed by atoms with E-state index >= 15 is 0 Å². The molecule has 0 atom stereocenters. The Kier molecular flexibility index (Phi) is 7.60. The van der Waals surface area contributed by atoms with Crippen LogP contribution in [0.25, 0.3) is 76.3 Å². The monoisotopic (exact) mass is 796 g/mol. The van der Waals surface area contributed by atoms with Gasteiger partial charge in [-0.3, -0.25) is 4.40 Å². The molecular formula is C57H56N4. The topological polar surface area (TPSA) is 24.9 Å². The number of pyridine rings is 1. The van der Waals surface area contributed by atoms with E-state index in [1.807, 2.05) is 0 Å². The summed E-state index contributed by atoms with van der Waals surface area (Å²) in [6.45, 7) is 28.0. The second-order valence-corrected chi connectivity index (χ2v) is 21.9. The van der Waals surface area contributed by atoms with E-state index in [2.05, 4.69) is 218 Å². The molecule has 0 radical (unpaired) electrons. The van der Waals surface area contributed by atoms with Crippen LogP contribution in [0.3, 0.4) is 0 Å². The molecule has 4 heteroatoms. The highest BCUT2D eigenvalue weighted by Gasteiger charge is 2.32. The average Bonchev–Trinajstić information content (AvgIpc) is 3.93. The highest BCUT2D eigenvalue weighted by atomic mass is 15.2. The van der Waals surface area contributed by atoms with Crippen molar-refractivity contribution in [2.24, 2.45) is 0 Å². The van der Waals surface area contributed by atoms with Crippen LogP contribution in [-0.2, 0) is 21.7 Å². The largest absolute Gasteiger partial charge is 0.308 e. The number of anilines is 3. The zero-order valence-electron chi connectivity index (χ0n) is 37.8. The Labute approximate surface area is 359 Å². The molecule has 0 aliphatic carbocycles. The van der Waals surface area contributed by atoms with Gasteiger partial charge in [-0.1, -0.05) is 126 Å². The lowest BCUT2D eigenvalue weighted by Crippen LogP contribution is -2.15. The summed E-state index contributed by atoms with van der Waals surface area (Å²) >= 11 is 0. The smallest absolute Gasteiger partial charge is 0.146 e. The maximum atomic E-state index is 5.61. The SMILES string of the molecule is CC(C)(C)c1ccc2c(c1)c1cc(C(C)(C)C)cc3c4c5c6cc(C(C)(C)C)cc7c8cc(C(C)(C)C)cc(N(c9ccccc9)c9ccccc9)c8n(c5ncc4n2c13)c76. The molecule has 6 aromatic carbocycles. The molecule has 0 fully saturated rings. The number of hydrogen-bond donors (Lipinski definition) is 0. The van der Waals surface area contributed by atoms with Crippen LogP contribution < -0.4 is 4.90 Å². The predicted molar refractivity (Wildman–Crippen MR) is 263 cm³/mol. The van der Waals surface area contributed by atoms with Crippen molar-refractivity contribution < 1.29 is 0 Å². The standard InChI is InChI=1S/C57H56N4/c1-54(2,3)33-23-24-45-39(25-33)40-26-34(55(4,5)6)29-43-48-47(60(45)50(40)43)32-58-53-49(48)44-30-35(56(7,8)9)27-41-42-28-36(57(10,11)12)31-46(52(42)61(53)51(41)44)59(37-19-15-13-16-20-37)38-21-17-14-18-22-38/h13-32H,1-12H3. The van der Waals surface area contributed by atoms with Crippen molar-refractivity contribution in [1.29, 1.82) is 0 Å². The van der Waals surface area contributed by atoms with Crippen LogP contribution in [0.2, 0.25) is 0 Å². The molecule has 0 bridgehead atoms. The summed E-state index contributed by atoms with van der Waals surface area (Å²) in [7, 11) is 0. The third-order valence-electron chi connectivity index (χ3n) is 13.6. The van der Waals surface area contributed by atoms with Crippen molar-refractivity contribution in [3.05, 3.63) is 144 Å². The Morgan fingerprint density at radius 3 is 1.38 bits per heavy atom. The molecular weight excluding hydrogens is 741 g/mol. The molecule has 304 valence electrons. The summed E-state index contributed by atoms with van der Waals surface area (Å²) in [5.74, 6) is 0. The predicted octanol–water partition coefficient (Wildman–Crippen LogP) is 16.0. The van der Waals surface area contributed by atoms with Gasteiger partial charge in [0, 0.05) is 54.5 Å². The summed E-state index contributed by atoms with van der Waals surface area (Å²) in [5.41, 5.74) is 15.7. The quantitative estimate of drug-likeness (QED) is 0.178. The molecule has 0 N–H and O–H groups in total. The molecule has 11 rings (SSSR count). The van der Waals surface area contributed by atoms with E-state index in [0.717, 1.165) is 28.2 Å². The molecule has 0 saturated heterocycles. The lowest BCUT2D eigenvalue weighted by atomic mass is 9.83. The number of fused-ring (bicyclic) bond motifs is 13.